The molecule has 2 N–H and O–H groups in total. The van der Waals surface area contributed by atoms with E-state index in [1.165, 1.54) is 0 Å². The average molecular weight is 358 g/mol. The van der Waals surface area contributed by atoms with Crippen molar-refractivity contribution in [1.29, 1.82) is 0 Å². The minimum Gasteiger partial charge on any atom is -0.440 e. The summed E-state index contributed by atoms with van der Waals surface area (Å²) in [5, 5.41) is 0. The van der Waals surface area contributed by atoms with Crippen molar-refractivity contribution in [2.24, 2.45) is 0 Å². The van der Waals surface area contributed by atoms with Gasteiger partial charge >= 0.3 is 0 Å². The van der Waals surface area contributed by atoms with Crippen LogP contribution in [0.3, 0.4) is 0 Å². The first-order valence-corrected chi connectivity index (χ1v) is 8.56. The summed E-state index contributed by atoms with van der Waals surface area (Å²) >= 11 is 4.97. The first-order chi connectivity index (χ1) is 12.0. The zero-order valence-corrected chi connectivity index (χ0v) is 14.6. The van der Waals surface area contributed by atoms with Gasteiger partial charge in [-0.3, -0.25) is 14.6 Å². The summed E-state index contributed by atoms with van der Waals surface area (Å²) in [4.78, 5) is 34.3. The number of piperazine rings is 1. The molecule has 1 fully saturated rings. The lowest BCUT2D eigenvalue weighted by atomic mass is 10.0. The fourth-order valence-electron chi connectivity index (χ4n) is 3.18. The third-order valence-corrected chi connectivity index (χ3v) is 4.88. The third-order valence-electron chi connectivity index (χ3n) is 4.68. The Bertz CT molecular complexity index is 957. The molecule has 0 radical (unpaired) electrons. The molecule has 0 atom stereocenters. The monoisotopic (exact) mass is 358 g/mol. The van der Waals surface area contributed by atoms with Crippen molar-refractivity contribution in [1.82, 2.24) is 19.8 Å². The summed E-state index contributed by atoms with van der Waals surface area (Å²) in [6, 6.07) is 5.37. The second kappa shape index (κ2) is 6.12. The number of amides is 1. The maximum Gasteiger partial charge on any atom is 0.259 e. The predicted molar refractivity (Wildman–Crippen MR) is 95.0 cm³/mol. The van der Waals surface area contributed by atoms with Crippen LogP contribution >= 0.6 is 12.2 Å². The molecular formula is C17H18N4O3S. The van der Waals surface area contributed by atoms with Crippen LogP contribution in [0, 0.1) is 4.77 Å². The molecule has 2 aliphatic heterocycles. The fraction of sp³-hybridized carbons (Fsp3) is 0.353. The van der Waals surface area contributed by atoms with Gasteiger partial charge in [-0.2, -0.15) is 0 Å². The minimum absolute atomic E-state index is 0.0167. The molecule has 3 heterocycles. The van der Waals surface area contributed by atoms with Gasteiger partial charge in [-0.15, -0.1) is 0 Å². The van der Waals surface area contributed by atoms with E-state index in [9.17, 15) is 9.59 Å². The number of aromatic nitrogens is 2. The second-order valence-electron chi connectivity index (χ2n) is 6.41. The van der Waals surface area contributed by atoms with Crippen molar-refractivity contribution in [2.75, 3.05) is 33.2 Å². The molecule has 25 heavy (non-hydrogen) atoms. The van der Waals surface area contributed by atoms with Gasteiger partial charge in [0.2, 0.25) is 5.88 Å². The molecule has 0 bridgehead atoms. The van der Waals surface area contributed by atoms with Gasteiger partial charge in [-0.05, 0) is 37.5 Å². The number of benzene rings is 1. The molecule has 0 spiro atoms. The second-order valence-corrected chi connectivity index (χ2v) is 6.82. The SMILES string of the molecule is CN1CCN(C(=O)c2ccc3c(c2)Cc2c([nH]c(=S)[nH]c2=O)O3)CC1. The van der Waals surface area contributed by atoms with E-state index in [-0.39, 0.29) is 16.2 Å². The van der Waals surface area contributed by atoms with Gasteiger partial charge < -0.3 is 19.5 Å². The molecule has 7 nitrogen and oxygen atoms in total. The Labute approximate surface area is 149 Å². The van der Waals surface area contributed by atoms with Crippen LogP contribution < -0.4 is 10.3 Å². The number of aromatic amines is 2. The number of rotatable bonds is 1. The molecule has 1 saturated heterocycles. The lowest BCUT2D eigenvalue weighted by Crippen LogP contribution is -2.47. The molecule has 1 aromatic carbocycles. The zero-order chi connectivity index (χ0) is 17.6. The summed E-state index contributed by atoms with van der Waals surface area (Å²) in [7, 11) is 2.05. The van der Waals surface area contributed by atoms with Crippen LogP contribution in [0.2, 0.25) is 0 Å². The maximum absolute atomic E-state index is 12.7. The standard InChI is InChI=1S/C17H18N4O3S/c1-20-4-6-21(7-5-20)16(23)10-2-3-13-11(8-10)9-12-14(22)18-17(25)19-15(12)24-13/h2-3,8H,4-7,9H2,1H3,(H2,18,19,22,25). The van der Waals surface area contributed by atoms with Crippen molar-refractivity contribution in [3.8, 4) is 11.6 Å². The number of H-pyrrole nitrogens is 2. The predicted octanol–water partition coefficient (Wildman–Crippen LogP) is 1.52. The fourth-order valence-corrected chi connectivity index (χ4v) is 3.37. The Morgan fingerprint density at radius 2 is 1.96 bits per heavy atom. The van der Waals surface area contributed by atoms with Crippen LogP contribution in [0.1, 0.15) is 21.5 Å². The first-order valence-electron chi connectivity index (χ1n) is 8.15. The van der Waals surface area contributed by atoms with Crippen molar-refractivity contribution in [3.05, 3.63) is 50.0 Å². The Morgan fingerprint density at radius 3 is 2.72 bits per heavy atom. The molecule has 2 aromatic rings. The van der Waals surface area contributed by atoms with E-state index >= 15 is 0 Å². The summed E-state index contributed by atoms with van der Waals surface area (Å²) < 4.78 is 5.99. The molecule has 8 heteroatoms. The highest BCUT2D eigenvalue weighted by Gasteiger charge is 2.24. The van der Waals surface area contributed by atoms with E-state index in [2.05, 4.69) is 21.9 Å². The largest absolute Gasteiger partial charge is 0.440 e. The van der Waals surface area contributed by atoms with Crippen LogP contribution in [-0.2, 0) is 6.42 Å². The first kappa shape index (κ1) is 16.0. The highest BCUT2D eigenvalue weighted by atomic mass is 32.1. The van der Waals surface area contributed by atoms with E-state index in [0.29, 0.717) is 29.2 Å². The number of nitrogens with zero attached hydrogens (tertiary/aromatic N) is 2. The summed E-state index contributed by atoms with van der Waals surface area (Å²) in [5.41, 5.74) is 1.67. The maximum atomic E-state index is 12.7. The Balaban J connectivity index is 1.62. The normalized spacial score (nSPS) is 16.8. The zero-order valence-electron chi connectivity index (χ0n) is 13.8. The lowest BCUT2D eigenvalue weighted by molar-refractivity contribution is 0.0664. The van der Waals surface area contributed by atoms with E-state index in [0.717, 1.165) is 31.7 Å². The number of ether oxygens (including phenoxy) is 1. The number of carbonyl (C=O) groups excluding carboxylic acids is 1. The Hall–Kier alpha value is -2.45. The highest BCUT2D eigenvalue weighted by molar-refractivity contribution is 7.71. The number of carbonyl (C=O) groups is 1. The van der Waals surface area contributed by atoms with Crippen LogP contribution in [0.25, 0.3) is 0 Å². The Kier molecular flexibility index (Phi) is 3.93. The molecule has 4 rings (SSSR count). The molecule has 130 valence electrons. The quantitative estimate of drug-likeness (QED) is 0.645. The molecule has 0 aliphatic carbocycles. The van der Waals surface area contributed by atoms with Crippen molar-refractivity contribution < 1.29 is 9.53 Å². The third kappa shape index (κ3) is 2.98. The molecular weight excluding hydrogens is 340 g/mol. The minimum atomic E-state index is -0.264. The molecule has 2 aliphatic rings. The molecule has 0 unspecified atom stereocenters. The van der Waals surface area contributed by atoms with E-state index in [1.807, 2.05) is 11.0 Å². The van der Waals surface area contributed by atoms with Gasteiger partial charge in [-0.25, -0.2) is 0 Å². The van der Waals surface area contributed by atoms with Crippen molar-refractivity contribution in [2.45, 2.75) is 6.42 Å². The van der Waals surface area contributed by atoms with Crippen LogP contribution in [0.15, 0.2) is 23.0 Å². The van der Waals surface area contributed by atoms with Gasteiger partial charge in [-0.1, -0.05) is 0 Å². The lowest BCUT2D eigenvalue weighted by Gasteiger charge is -2.32. The Morgan fingerprint density at radius 1 is 1.20 bits per heavy atom. The molecule has 1 amide bonds. The van der Waals surface area contributed by atoms with Gasteiger partial charge in [0, 0.05) is 43.7 Å². The summed E-state index contributed by atoms with van der Waals surface area (Å²) in [5.74, 6) is 1.03. The summed E-state index contributed by atoms with van der Waals surface area (Å²) in [6.45, 7) is 3.20. The van der Waals surface area contributed by atoms with Gasteiger partial charge in [0.05, 0.1) is 5.56 Å². The highest BCUT2D eigenvalue weighted by Crippen LogP contribution is 2.34. The summed E-state index contributed by atoms with van der Waals surface area (Å²) in [6.07, 6.45) is 0.399. The van der Waals surface area contributed by atoms with Gasteiger partial charge in [0.25, 0.3) is 11.5 Å². The number of fused-ring (bicyclic) bond motifs is 2. The smallest absolute Gasteiger partial charge is 0.259 e. The van der Waals surface area contributed by atoms with Crippen LogP contribution in [0.5, 0.6) is 11.6 Å². The topological polar surface area (TPSA) is 81.4 Å². The van der Waals surface area contributed by atoms with Crippen molar-refractivity contribution >= 4 is 18.1 Å². The number of hydrogen-bond donors (Lipinski definition) is 2. The number of nitrogens with one attached hydrogen (secondary N) is 2. The molecule has 0 saturated carbocycles. The van der Waals surface area contributed by atoms with Crippen LogP contribution in [-0.4, -0.2) is 58.9 Å². The number of hydrogen-bond acceptors (Lipinski definition) is 5. The van der Waals surface area contributed by atoms with E-state index in [1.54, 1.807) is 12.1 Å². The van der Waals surface area contributed by atoms with Crippen molar-refractivity contribution in [3.63, 3.8) is 0 Å². The van der Waals surface area contributed by atoms with Gasteiger partial charge in [0.15, 0.2) is 4.77 Å². The van der Waals surface area contributed by atoms with Gasteiger partial charge in [0.1, 0.15) is 5.75 Å². The molecule has 1 aromatic heterocycles. The number of likely N-dealkylation sites (N-methyl/N-ethyl adjacent to an activating group) is 1. The van der Waals surface area contributed by atoms with E-state index < -0.39 is 0 Å². The van der Waals surface area contributed by atoms with E-state index in [4.69, 9.17) is 17.0 Å². The average Bonchev–Trinajstić information content (AvgIpc) is 2.60. The van der Waals surface area contributed by atoms with Crippen LogP contribution in [0.4, 0.5) is 0 Å².